The van der Waals surface area contributed by atoms with Crippen LogP contribution < -0.4 is 0 Å². The fourth-order valence-electron chi connectivity index (χ4n) is 3.62. The molecule has 0 aliphatic carbocycles. The van der Waals surface area contributed by atoms with Crippen LogP contribution in [0.2, 0.25) is 0 Å². The van der Waals surface area contributed by atoms with Crippen molar-refractivity contribution in [1.29, 1.82) is 0 Å². The zero-order valence-electron chi connectivity index (χ0n) is 19.2. The second kappa shape index (κ2) is 11.4. The summed E-state index contributed by atoms with van der Waals surface area (Å²) in [4.78, 5) is 19.9. The number of methoxy groups -OCH3 is 1. The van der Waals surface area contributed by atoms with Crippen molar-refractivity contribution < 1.29 is 17.9 Å². The Morgan fingerprint density at radius 2 is 1.69 bits per heavy atom. The highest BCUT2D eigenvalue weighted by Crippen LogP contribution is 2.24. The molecule has 0 atom stereocenters. The van der Waals surface area contributed by atoms with Crippen molar-refractivity contribution >= 4 is 27.3 Å². The average molecular weight is 508 g/mol. The van der Waals surface area contributed by atoms with E-state index in [2.05, 4.69) is 9.97 Å². The number of nitrogens with zero attached hydrogens (tertiary/aromatic N) is 3. The molecular weight excluding hydrogens is 482 g/mol. The number of esters is 1. The van der Waals surface area contributed by atoms with Crippen LogP contribution in [0.1, 0.15) is 23.1 Å². The van der Waals surface area contributed by atoms with Crippen molar-refractivity contribution in [2.45, 2.75) is 31.0 Å². The number of hydrogen-bond acceptors (Lipinski definition) is 7. The summed E-state index contributed by atoms with van der Waals surface area (Å²) >= 11 is 1.55. The number of hydrogen-bond donors (Lipinski definition) is 0. The highest BCUT2D eigenvalue weighted by Gasteiger charge is 2.26. The summed E-state index contributed by atoms with van der Waals surface area (Å²) in [6.07, 6.45) is 4.02. The number of aryl methyl sites for hydroxylation is 1. The molecule has 0 saturated carbocycles. The molecule has 0 unspecified atom stereocenters. The van der Waals surface area contributed by atoms with E-state index in [4.69, 9.17) is 4.74 Å². The van der Waals surface area contributed by atoms with Gasteiger partial charge in [-0.15, -0.1) is 11.3 Å². The predicted octanol–water partition coefficient (Wildman–Crippen LogP) is 4.70. The molecule has 0 N–H and O–H groups in total. The van der Waals surface area contributed by atoms with Crippen molar-refractivity contribution in [3.63, 3.8) is 0 Å². The Kier molecular flexibility index (Phi) is 8.02. The number of carbonyl (C=O) groups is 1. The summed E-state index contributed by atoms with van der Waals surface area (Å²) in [5.41, 5.74) is 3.61. The number of rotatable bonds is 10. The van der Waals surface area contributed by atoms with E-state index < -0.39 is 10.0 Å². The van der Waals surface area contributed by atoms with Crippen molar-refractivity contribution in [3.05, 3.63) is 101 Å². The summed E-state index contributed by atoms with van der Waals surface area (Å²) in [7, 11) is -2.49. The van der Waals surface area contributed by atoms with E-state index >= 15 is 0 Å². The van der Waals surface area contributed by atoms with Crippen LogP contribution in [-0.4, -0.2) is 35.8 Å². The van der Waals surface area contributed by atoms with E-state index in [0.717, 1.165) is 27.3 Å². The first-order valence-electron chi connectivity index (χ1n) is 11.0. The minimum absolute atomic E-state index is 0.00116. The summed E-state index contributed by atoms with van der Waals surface area (Å²) in [5, 5.41) is 2.84. The molecule has 2 aromatic carbocycles. The number of thiazole rings is 1. The van der Waals surface area contributed by atoms with Crippen molar-refractivity contribution in [3.8, 4) is 10.6 Å². The topological polar surface area (TPSA) is 89.5 Å². The van der Waals surface area contributed by atoms with E-state index in [0.29, 0.717) is 6.42 Å². The van der Waals surface area contributed by atoms with Gasteiger partial charge in [0.05, 0.1) is 7.11 Å². The first kappa shape index (κ1) is 24.7. The lowest BCUT2D eigenvalue weighted by Crippen LogP contribution is -2.31. The third-order valence-electron chi connectivity index (χ3n) is 5.43. The molecule has 0 fully saturated rings. The lowest BCUT2D eigenvalue weighted by atomic mass is 10.1. The molecule has 180 valence electrons. The van der Waals surface area contributed by atoms with Gasteiger partial charge in [-0.1, -0.05) is 54.6 Å². The summed E-state index contributed by atoms with van der Waals surface area (Å²) in [6, 6.07) is 20.2. The third-order valence-corrected chi connectivity index (χ3v) is 7.96. The summed E-state index contributed by atoms with van der Waals surface area (Å²) in [6.45, 7) is 0.350. The SMILES string of the molecule is COC(=O)CCc1cccc(CN(Cc2ccc(-c3nccs3)cc2)S(=O)(=O)c2ccccn2)c1. The summed E-state index contributed by atoms with van der Waals surface area (Å²) in [5.74, 6) is -0.282. The van der Waals surface area contributed by atoms with E-state index in [1.165, 1.54) is 23.7 Å². The second-order valence-electron chi connectivity index (χ2n) is 7.87. The fourth-order valence-corrected chi connectivity index (χ4v) is 5.61. The van der Waals surface area contributed by atoms with Gasteiger partial charge >= 0.3 is 5.97 Å². The van der Waals surface area contributed by atoms with E-state index in [1.54, 1.807) is 29.7 Å². The zero-order valence-corrected chi connectivity index (χ0v) is 20.8. The van der Waals surface area contributed by atoms with Gasteiger partial charge in [-0.2, -0.15) is 4.31 Å². The van der Waals surface area contributed by atoms with Gasteiger partial charge < -0.3 is 4.74 Å². The quantitative estimate of drug-likeness (QED) is 0.289. The molecule has 0 saturated heterocycles. The van der Waals surface area contributed by atoms with Crippen molar-refractivity contribution in [2.24, 2.45) is 0 Å². The minimum atomic E-state index is -3.86. The molecule has 2 aromatic heterocycles. The standard InChI is InChI=1S/C26H25N3O4S2/c1-33-25(30)13-10-20-5-4-6-22(17-20)19-29(35(31,32)24-7-2-3-14-27-24)18-21-8-11-23(12-9-21)26-28-15-16-34-26/h2-9,11-12,14-17H,10,13,18-19H2,1H3. The molecule has 7 nitrogen and oxygen atoms in total. The highest BCUT2D eigenvalue weighted by molar-refractivity contribution is 7.89. The van der Waals surface area contributed by atoms with Gasteiger partial charge in [-0.25, -0.2) is 18.4 Å². The van der Waals surface area contributed by atoms with E-state index in [1.807, 2.05) is 53.9 Å². The monoisotopic (exact) mass is 507 g/mol. The minimum Gasteiger partial charge on any atom is -0.469 e. The number of benzene rings is 2. The lowest BCUT2D eigenvalue weighted by molar-refractivity contribution is -0.140. The van der Waals surface area contributed by atoms with Gasteiger partial charge in [0.15, 0.2) is 5.03 Å². The number of ether oxygens (including phenoxy) is 1. The molecular formula is C26H25N3O4S2. The van der Waals surface area contributed by atoms with Crippen LogP contribution in [0.4, 0.5) is 0 Å². The molecule has 9 heteroatoms. The van der Waals surface area contributed by atoms with Crippen LogP contribution in [0, 0.1) is 0 Å². The van der Waals surface area contributed by atoms with E-state index in [-0.39, 0.29) is 30.5 Å². The van der Waals surface area contributed by atoms with Gasteiger partial charge in [-0.05, 0) is 35.2 Å². The van der Waals surface area contributed by atoms with E-state index in [9.17, 15) is 13.2 Å². The average Bonchev–Trinajstić information content (AvgIpc) is 3.43. The van der Waals surface area contributed by atoms with Gasteiger partial charge in [-0.3, -0.25) is 4.79 Å². The fraction of sp³-hybridized carbons (Fsp3) is 0.192. The van der Waals surface area contributed by atoms with Crippen molar-refractivity contribution in [1.82, 2.24) is 14.3 Å². The van der Waals surface area contributed by atoms with Crippen LogP contribution in [0.3, 0.4) is 0 Å². The first-order valence-corrected chi connectivity index (χ1v) is 13.3. The number of carbonyl (C=O) groups excluding carboxylic acids is 1. The smallest absolute Gasteiger partial charge is 0.305 e. The molecule has 0 radical (unpaired) electrons. The third kappa shape index (κ3) is 6.39. The molecule has 0 spiro atoms. The Morgan fingerprint density at radius 3 is 2.37 bits per heavy atom. The number of pyridine rings is 1. The maximum absolute atomic E-state index is 13.5. The Balaban J connectivity index is 1.59. The Labute approximate surface area is 209 Å². The molecule has 0 amide bonds. The predicted molar refractivity (Wildman–Crippen MR) is 135 cm³/mol. The molecule has 0 bridgehead atoms. The van der Waals surface area contributed by atoms with Gasteiger partial charge in [0, 0.05) is 42.8 Å². The largest absolute Gasteiger partial charge is 0.469 e. The maximum Gasteiger partial charge on any atom is 0.305 e. The Morgan fingerprint density at radius 1 is 0.914 bits per heavy atom. The molecule has 0 aliphatic heterocycles. The van der Waals surface area contributed by atoms with Crippen LogP contribution in [0.15, 0.2) is 89.5 Å². The van der Waals surface area contributed by atoms with Gasteiger partial charge in [0.1, 0.15) is 5.01 Å². The number of aromatic nitrogens is 2. The lowest BCUT2D eigenvalue weighted by Gasteiger charge is -2.22. The molecule has 0 aliphatic rings. The molecule has 2 heterocycles. The van der Waals surface area contributed by atoms with Crippen LogP contribution in [-0.2, 0) is 39.1 Å². The second-order valence-corrected chi connectivity index (χ2v) is 10.7. The zero-order chi connectivity index (χ0) is 24.7. The highest BCUT2D eigenvalue weighted by atomic mass is 32.2. The van der Waals surface area contributed by atoms with Gasteiger partial charge in [0.25, 0.3) is 10.0 Å². The Hall–Kier alpha value is -3.40. The normalized spacial score (nSPS) is 11.5. The Bertz CT molecular complexity index is 1360. The molecule has 4 rings (SSSR count). The van der Waals surface area contributed by atoms with Crippen molar-refractivity contribution in [2.75, 3.05) is 7.11 Å². The first-order chi connectivity index (χ1) is 17.0. The maximum atomic E-state index is 13.5. The molecule has 35 heavy (non-hydrogen) atoms. The molecule has 4 aromatic rings. The summed E-state index contributed by atoms with van der Waals surface area (Å²) < 4.78 is 33.2. The van der Waals surface area contributed by atoms with Crippen LogP contribution in [0.25, 0.3) is 10.6 Å². The van der Waals surface area contributed by atoms with Crippen LogP contribution >= 0.6 is 11.3 Å². The van der Waals surface area contributed by atoms with Crippen LogP contribution in [0.5, 0.6) is 0 Å². The van der Waals surface area contributed by atoms with Gasteiger partial charge in [0.2, 0.25) is 0 Å². The number of sulfonamides is 1.